The molecule has 0 bridgehead atoms. The van der Waals surface area contributed by atoms with Crippen LogP contribution in [0.1, 0.15) is 13.3 Å². The van der Waals surface area contributed by atoms with E-state index in [4.69, 9.17) is 9.47 Å². The Kier molecular flexibility index (Phi) is 4.40. The minimum absolute atomic E-state index is 0.106. The molecule has 1 N–H and O–H groups in total. The third-order valence-electron chi connectivity index (χ3n) is 4.18. The number of amides is 2. The lowest BCUT2D eigenvalue weighted by Crippen LogP contribution is -3.18. The SMILES string of the molecule is CCOc1ccc(N2C(=O)CC([NH+]3CCOCC3)C2=O)cc1. The molecule has 2 heterocycles. The largest absolute Gasteiger partial charge is 0.494 e. The highest BCUT2D eigenvalue weighted by atomic mass is 16.5. The number of hydrogen-bond donors (Lipinski definition) is 1. The molecule has 118 valence electrons. The molecule has 2 fully saturated rings. The van der Waals surface area contributed by atoms with Crippen LogP contribution in [0.2, 0.25) is 0 Å². The van der Waals surface area contributed by atoms with Crippen molar-refractivity contribution in [1.29, 1.82) is 0 Å². The summed E-state index contributed by atoms with van der Waals surface area (Å²) >= 11 is 0. The van der Waals surface area contributed by atoms with Gasteiger partial charge in [0.2, 0.25) is 5.91 Å². The molecule has 2 amide bonds. The summed E-state index contributed by atoms with van der Waals surface area (Å²) in [5.74, 6) is 0.505. The average molecular weight is 305 g/mol. The number of ether oxygens (including phenoxy) is 2. The van der Waals surface area contributed by atoms with Crippen molar-refractivity contribution in [2.45, 2.75) is 19.4 Å². The Bertz CT molecular complexity index is 552. The van der Waals surface area contributed by atoms with Gasteiger partial charge in [-0.3, -0.25) is 9.59 Å². The van der Waals surface area contributed by atoms with E-state index in [1.165, 1.54) is 4.90 Å². The third kappa shape index (κ3) is 2.84. The smallest absolute Gasteiger partial charge is 0.292 e. The van der Waals surface area contributed by atoms with E-state index in [-0.39, 0.29) is 24.3 Å². The average Bonchev–Trinajstić information content (AvgIpc) is 2.84. The fourth-order valence-electron chi connectivity index (χ4n) is 3.06. The molecule has 1 aromatic carbocycles. The van der Waals surface area contributed by atoms with E-state index < -0.39 is 0 Å². The molecule has 22 heavy (non-hydrogen) atoms. The fourth-order valence-corrected chi connectivity index (χ4v) is 3.06. The van der Waals surface area contributed by atoms with Crippen LogP contribution < -0.4 is 14.5 Å². The van der Waals surface area contributed by atoms with E-state index >= 15 is 0 Å². The molecule has 6 nitrogen and oxygen atoms in total. The molecule has 3 rings (SSSR count). The van der Waals surface area contributed by atoms with Crippen molar-refractivity contribution in [3.63, 3.8) is 0 Å². The number of nitrogens with zero attached hydrogens (tertiary/aromatic N) is 1. The Hall–Kier alpha value is -1.92. The van der Waals surface area contributed by atoms with E-state index in [0.29, 0.717) is 25.5 Å². The van der Waals surface area contributed by atoms with Crippen LogP contribution in [0.4, 0.5) is 5.69 Å². The van der Waals surface area contributed by atoms with Gasteiger partial charge in [-0.2, -0.15) is 0 Å². The molecule has 6 heteroatoms. The van der Waals surface area contributed by atoms with Gasteiger partial charge in [-0.1, -0.05) is 0 Å². The summed E-state index contributed by atoms with van der Waals surface area (Å²) in [6, 6.07) is 6.82. The van der Waals surface area contributed by atoms with Crippen LogP contribution in [0.25, 0.3) is 0 Å². The fraction of sp³-hybridized carbons (Fsp3) is 0.500. The summed E-state index contributed by atoms with van der Waals surface area (Å²) < 4.78 is 10.7. The lowest BCUT2D eigenvalue weighted by atomic mass is 10.2. The second-order valence-electron chi connectivity index (χ2n) is 5.52. The molecule has 1 atom stereocenters. The van der Waals surface area contributed by atoms with E-state index in [1.54, 1.807) is 24.3 Å². The summed E-state index contributed by atoms with van der Waals surface area (Å²) in [5, 5.41) is 0. The van der Waals surface area contributed by atoms with E-state index in [9.17, 15) is 9.59 Å². The van der Waals surface area contributed by atoms with Crippen molar-refractivity contribution >= 4 is 17.5 Å². The minimum Gasteiger partial charge on any atom is -0.494 e. The van der Waals surface area contributed by atoms with Gasteiger partial charge in [-0.15, -0.1) is 0 Å². The summed E-state index contributed by atoms with van der Waals surface area (Å²) in [7, 11) is 0. The van der Waals surface area contributed by atoms with Crippen LogP contribution in [0.15, 0.2) is 24.3 Å². The first-order chi connectivity index (χ1) is 10.7. The number of rotatable bonds is 4. The van der Waals surface area contributed by atoms with Crippen molar-refractivity contribution in [3.05, 3.63) is 24.3 Å². The number of anilines is 1. The lowest BCUT2D eigenvalue weighted by Gasteiger charge is -2.27. The molecule has 0 aromatic heterocycles. The molecule has 0 aliphatic carbocycles. The maximum atomic E-state index is 12.6. The highest BCUT2D eigenvalue weighted by Crippen LogP contribution is 2.24. The predicted molar refractivity (Wildman–Crippen MR) is 80.0 cm³/mol. The molecule has 2 saturated heterocycles. The van der Waals surface area contributed by atoms with Gasteiger partial charge in [0.15, 0.2) is 6.04 Å². The first-order valence-electron chi connectivity index (χ1n) is 7.72. The number of hydrogen-bond acceptors (Lipinski definition) is 4. The van der Waals surface area contributed by atoms with Crippen LogP contribution in [0.5, 0.6) is 5.75 Å². The Labute approximate surface area is 129 Å². The Balaban J connectivity index is 1.76. The van der Waals surface area contributed by atoms with Crippen molar-refractivity contribution in [2.24, 2.45) is 0 Å². The topological polar surface area (TPSA) is 60.3 Å². The summed E-state index contributed by atoms with van der Waals surface area (Å²) in [6.45, 7) is 5.36. The molecule has 2 aliphatic heterocycles. The van der Waals surface area contributed by atoms with Gasteiger partial charge in [-0.25, -0.2) is 4.90 Å². The zero-order valence-corrected chi connectivity index (χ0v) is 12.7. The highest BCUT2D eigenvalue weighted by molar-refractivity contribution is 6.21. The molecule has 0 spiro atoms. The molecule has 1 unspecified atom stereocenters. The van der Waals surface area contributed by atoms with Crippen LogP contribution >= 0.6 is 0 Å². The number of carbonyl (C=O) groups excluding carboxylic acids is 2. The maximum Gasteiger partial charge on any atom is 0.292 e. The minimum atomic E-state index is -0.275. The number of imide groups is 1. The quantitative estimate of drug-likeness (QED) is 0.771. The molecular weight excluding hydrogens is 284 g/mol. The number of morpholine rings is 1. The number of nitrogens with one attached hydrogen (secondary N) is 1. The van der Waals surface area contributed by atoms with Crippen LogP contribution in [0, 0.1) is 0 Å². The first-order valence-corrected chi connectivity index (χ1v) is 7.72. The van der Waals surface area contributed by atoms with Crippen molar-refractivity contribution in [3.8, 4) is 5.75 Å². The lowest BCUT2D eigenvalue weighted by molar-refractivity contribution is -0.922. The molecule has 0 saturated carbocycles. The van der Waals surface area contributed by atoms with Crippen LogP contribution in [0.3, 0.4) is 0 Å². The van der Waals surface area contributed by atoms with E-state index in [0.717, 1.165) is 23.7 Å². The number of benzene rings is 1. The Morgan fingerprint density at radius 2 is 1.91 bits per heavy atom. The van der Waals surface area contributed by atoms with Crippen molar-refractivity contribution < 1.29 is 24.0 Å². The van der Waals surface area contributed by atoms with E-state index in [1.807, 2.05) is 6.92 Å². The van der Waals surface area contributed by atoms with Crippen LogP contribution in [-0.4, -0.2) is 50.8 Å². The van der Waals surface area contributed by atoms with Crippen molar-refractivity contribution in [1.82, 2.24) is 0 Å². The Morgan fingerprint density at radius 3 is 2.55 bits per heavy atom. The monoisotopic (exact) mass is 305 g/mol. The summed E-state index contributed by atoms with van der Waals surface area (Å²) in [6.07, 6.45) is 0.279. The Morgan fingerprint density at radius 1 is 1.23 bits per heavy atom. The number of quaternary nitrogens is 1. The van der Waals surface area contributed by atoms with Gasteiger partial charge >= 0.3 is 0 Å². The molecule has 1 aromatic rings. The second kappa shape index (κ2) is 6.46. The zero-order valence-electron chi connectivity index (χ0n) is 12.7. The van der Waals surface area contributed by atoms with Gasteiger partial charge in [0.05, 0.1) is 31.9 Å². The normalized spacial score (nSPS) is 23.1. The molecular formula is C16H21N2O4+. The van der Waals surface area contributed by atoms with Gasteiger partial charge in [0.25, 0.3) is 5.91 Å². The van der Waals surface area contributed by atoms with Crippen molar-refractivity contribution in [2.75, 3.05) is 37.8 Å². The van der Waals surface area contributed by atoms with Gasteiger partial charge in [0.1, 0.15) is 18.8 Å². The third-order valence-corrected chi connectivity index (χ3v) is 4.18. The van der Waals surface area contributed by atoms with Gasteiger partial charge in [-0.05, 0) is 31.2 Å². The number of carbonyl (C=O) groups is 2. The first kappa shape index (κ1) is 15.0. The summed E-state index contributed by atoms with van der Waals surface area (Å²) in [4.78, 5) is 27.4. The van der Waals surface area contributed by atoms with E-state index in [2.05, 4.69) is 0 Å². The highest BCUT2D eigenvalue weighted by Gasteiger charge is 2.45. The molecule has 2 aliphatic rings. The van der Waals surface area contributed by atoms with Gasteiger partial charge < -0.3 is 14.4 Å². The molecule has 0 radical (unpaired) electrons. The maximum absolute atomic E-state index is 12.6. The zero-order chi connectivity index (χ0) is 15.5. The standard InChI is InChI=1S/C16H20N2O4/c1-2-22-13-5-3-12(4-6-13)18-15(19)11-14(16(18)20)17-7-9-21-10-8-17/h3-6,14H,2,7-11H2,1H3/p+1. The summed E-state index contributed by atoms with van der Waals surface area (Å²) in [5.41, 5.74) is 0.619. The second-order valence-corrected chi connectivity index (χ2v) is 5.52. The predicted octanol–water partition coefficient (Wildman–Crippen LogP) is -0.368. The van der Waals surface area contributed by atoms with Gasteiger partial charge in [0, 0.05) is 0 Å². The van der Waals surface area contributed by atoms with Crippen LogP contribution in [-0.2, 0) is 14.3 Å².